The van der Waals surface area contributed by atoms with E-state index < -0.39 is 10.0 Å². The topological polar surface area (TPSA) is 83.7 Å². The lowest BCUT2D eigenvalue weighted by atomic mass is 9.92. The van der Waals surface area contributed by atoms with Gasteiger partial charge in [-0.3, -0.25) is 4.79 Å². The van der Waals surface area contributed by atoms with E-state index >= 15 is 0 Å². The van der Waals surface area contributed by atoms with Gasteiger partial charge in [0.15, 0.2) is 0 Å². The quantitative estimate of drug-likeness (QED) is 0.832. The lowest BCUT2D eigenvalue weighted by Gasteiger charge is -2.38. The number of hydrogen-bond acceptors (Lipinski definition) is 4. The van der Waals surface area contributed by atoms with Crippen molar-refractivity contribution in [2.45, 2.75) is 44.6 Å². The van der Waals surface area contributed by atoms with Gasteiger partial charge in [0, 0.05) is 37.8 Å². The molecule has 25 heavy (non-hydrogen) atoms. The Kier molecular flexibility index (Phi) is 6.59. The van der Waals surface area contributed by atoms with Crippen LogP contribution in [-0.2, 0) is 10.0 Å². The second kappa shape index (κ2) is 8.29. The van der Waals surface area contributed by atoms with E-state index in [1.54, 1.807) is 12.1 Å². The fraction of sp³-hybridized carbons (Fsp3) is 0.611. The zero-order valence-electron chi connectivity index (χ0n) is 15.3. The highest BCUT2D eigenvalue weighted by Gasteiger charge is 2.30. The molecule has 0 radical (unpaired) electrons. The Hall–Kier alpha value is -1.44. The fourth-order valence-electron chi connectivity index (χ4n) is 3.39. The predicted octanol–water partition coefficient (Wildman–Crippen LogP) is 1.92. The number of nitrogens with two attached hydrogens (primary N) is 1. The number of likely N-dealkylation sites (tertiary alicyclic amines) is 1. The van der Waals surface area contributed by atoms with Crippen molar-refractivity contribution in [3.63, 3.8) is 0 Å². The lowest BCUT2D eigenvalue weighted by molar-refractivity contribution is 0.0573. The number of piperidine rings is 1. The average molecular weight is 368 g/mol. The first-order chi connectivity index (χ1) is 11.8. The Morgan fingerprint density at radius 3 is 2.36 bits per heavy atom. The number of amides is 1. The Bertz CT molecular complexity index is 684. The molecule has 0 bridgehead atoms. The van der Waals surface area contributed by atoms with Gasteiger partial charge in [-0.15, -0.1) is 0 Å². The SMILES string of the molecule is CCN(CC)S(=O)(=O)c1ccc(C(=O)N2CCC(C)CC2CN)cc1. The second-order valence-corrected chi connectivity index (χ2v) is 8.57. The summed E-state index contributed by atoms with van der Waals surface area (Å²) in [6.07, 6.45) is 1.88. The fourth-order valence-corrected chi connectivity index (χ4v) is 4.85. The number of hydrogen-bond donors (Lipinski definition) is 1. The molecule has 0 aliphatic carbocycles. The molecule has 2 rings (SSSR count). The van der Waals surface area contributed by atoms with Crippen LogP contribution in [0.1, 0.15) is 44.0 Å². The van der Waals surface area contributed by atoms with Gasteiger partial charge in [-0.25, -0.2) is 8.42 Å². The summed E-state index contributed by atoms with van der Waals surface area (Å²) in [6, 6.07) is 6.29. The molecule has 0 spiro atoms. The smallest absolute Gasteiger partial charge is 0.254 e. The van der Waals surface area contributed by atoms with Gasteiger partial charge in [0.25, 0.3) is 5.91 Å². The molecular weight excluding hydrogens is 338 g/mol. The molecule has 2 unspecified atom stereocenters. The van der Waals surface area contributed by atoms with Gasteiger partial charge in [0.05, 0.1) is 4.90 Å². The summed E-state index contributed by atoms with van der Waals surface area (Å²) in [5.74, 6) is 0.494. The Morgan fingerprint density at radius 1 is 1.24 bits per heavy atom. The molecule has 140 valence electrons. The summed E-state index contributed by atoms with van der Waals surface area (Å²) in [4.78, 5) is 14.8. The van der Waals surface area contributed by atoms with E-state index in [0.717, 1.165) is 12.8 Å². The van der Waals surface area contributed by atoms with E-state index in [4.69, 9.17) is 5.73 Å². The molecule has 1 aromatic carbocycles. The summed E-state index contributed by atoms with van der Waals surface area (Å²) in [7, 11) is -3.50. The monoisotopic (exact) mass is 367 g/mol. The van der Waals surface area contributed by atoms with Gasteiger partial charge >= 0.3 is 0 Å². The third-order valence-electron chi connectivity index (χ3n) is 4.96. The van der Waals surface area contributed by atoms with Gasteiger partial charge in [-0.05, 0) is 43.0 Å². The molecule has 7 heteroatoms. The minimum Gasteiger partial charge on any atom is -0.334 e. The normalized spacial score (nSPS) is 21.6. The van der Waals surface area contributed by atoms with Crippen molar-refractivity contribution >= 4 is 15.9 Å². The van der Waals surface area contributed by atoms with Crippen LogP contribution in [0.15, 0.2) is 29.2 Å². The maximum Gasteiger partial charge on any atom is 0.254 e. The van der Waals surface area contributed by atoms with Crippen molar-refractivity contribution in [1.82, 2.24) is 9.21 Å². The Labute approximate surface area is 151 Å². The number of sulfonamides is 1. The standard InChI is InChI=1S/C18H29N3O3S/c1-4-20(5-2)25(23,24)17-8-6-15(7-9-17)18(22)21-11-10-14(3)12-16(21)13-19/h6-9,14,16H,4-5,10-13,19H2,1-3H3. The predicted molar refractivity (Wildman–Crippen MR) is 98.8 cm³/mol. The zero-order chi connectivity index (χ0) is 18.6. The van der Waals surface area contributed by atoms with Crippen LogP contribution in [0.2, 0.25) is 0 Å². The molecule has 1 aliphatic heterocycles. The molecule has 1 heterocycles. The van der Waals surface area contributed by atoms with E-state index in [2.05, 4.69) is 6.92 Å². The molecule has 1 saturated heterocycles. The number of carbonyl (C=O) groups excluding carboxylic acids is 1. The van der Waals surface area contributed by atoms with Crippen LogP contribution in [-0.4, -0.2) is 55.8 Å². The van der Waals surface area contributed by atoms with Crippen LogP contribution >= 0.6 is 0 Å². The van der Waals surface area contributed by atoms with Gasteiger partial charge in [-0.2, -0.15) is 4.31 Å². The van der Waals surface area contributed by atoms with Crippen LogP contribution in [0.5, 0.6) is 0 Å². The second-order valence-electron chi connectivity index (χ2n) is 6.63. The molecule has 1 amide bonds. The highest BCUT2D eigenvalue weighted by atomic mass is 32.2. The van der Waals surface area contributed by atoms with E-state index in [9.17, 15) is 13.2 Å². The van der Waals surface area contributed by atoms with Crippen LogP contribution < -0.4 is 5.73 Å². The first-order valence-corrected chi connectivity index (χ1v) is 10.4. The van der Waals surface area contributed by atoms with Crippen molar-refractivity contribution < 1.29 is 13.2 Å². The molecular formula is C18H29N3O3S. The minimum atomic E-state index is -3.50. The number of nitrogens with zero attached hydrogens (tertiary/aromatic N) is 2. The lowest BCUT2D eigenvalue weighted by Crippen LogP contribution is -2.49. The van der Waals surface area contributed by atoms with Gasteiger partial charge in [0.1, 0.15) is 0 Å². The van der Waals surface area contributed by atoms with Crippen LogP contribution in [0, 0.1) is 5.92 Å². The first-order valence-electron chi connectivity index (χ1n) is 8.96. The van der Waals surface area contributed by atoms with Crippen molar-refractivity contribution in [2.75, 3.05) is 26.2 Å². The van der Waals surface area contributed by atoms with Crippen molar-refractivity contribution in [3.8, 4) is 0 Å². The van der Waals surface area contributed by atoms with Crippen molar-refractivity contribution in [3.05, 3.63) is 29.8 Å². The summed E-state index contributed by atoms with van der Waals surface area (Å²) in [5.41, 5.74) is 6.34. The van der Waals surface area contributed by atoms with Gasteiger partial charge in [-0.1, -0.05) is 20.8 Å². The van der Waals surface area contributed by atoms with E-state index in [-0.39, 0.29) is 16.8 Å². The molecule has 1 aromatic rings. The number of rotatable bonds is 6. The highest BCUT2D eigenvalue weighted by Crippen LogP contribution is 2.24. The maximum absolute atomic E-state index is 12.8. The highest BCUT2D eigenvalue weighted by molar-refractivity contribution is 7.89. The molecule has 2 atom stereocenters. The zero-order valence-corrected chi connectivity index (χ0v) is 16.1. The minimum absolute atomic E-state index is 0.0512. The van der Waals surface area contributed by atoms with Crippen molar-refractivity contribution in [2.24, 2.45) is 11.7 Å². The number of benzene rings is 1. The van der Waals surface area contributed by atoms with E-state index in [1.165, 1.54) is 16.4 Å². The van der Waals surface area contributed by atoms with Gasteiger partial charge < -0.3 is 10.6 Å². The van der Waals surface area contributed by atoms with E-state index in [1.807, 2.05) is 18.7 Å². The molecule has 0 saturated carbocycles. The Balaban J connectivity index is 2.20. The van der Waals surface area contributed by atoms with Crippen molar-refractivity contribution in [1.29, 1.82) is 0 Å². The largest absolute Gasteiger partial charge is 0.334 e. The summed E-state index contributed by atoms with van der Waals surface area (Å²) in [5, 5.41) is 0. The van der Waals surface area contributed by atoms with Crippen LogP contribution in [0.3, 0.4) is 0 Å². The van der Waals surface area contributed by atoms with E-state index in [0.29, 0.717) is 37.7 Å². The molecule has 1 aliphatic rings. The van der Waals surface area contributed by atoms with Crippen LogP contribution in [0.25, 0.3) is 0 Å². The third kappa shape index (κ3) is 4.22. The third-order valence-corrected chi connectivity index (χ3v) is 7.02. The summed E-state index contributed by atoms with van der Waals surface area (Å²) < 4.78 is 26.5. The Morgan fingerprint density at radius 2 is 1.84 bits per heavy atom. The van der Waals surface area contributed by atoms with Crippen LogP contribution in [0.4, 0.5) is 0 Å². The molecule has 2 N–H and O–H groups in total. The summed E-state index contributed by atoms with van der Waals surface area (Å²) >= 11 is 0. The molecule has 0 aromatic heterocycles. The van der Waals surface area contributed by atoms with Gasteiger partial charge in [0.2, 0.25) is 10.0 Å². The summed E-state index contributed by atoms with van der Waals surface area (Å²) in [6.45, 7) is 7.78. The average Bonchev–Trinajstić information content (AvgIpc) is 2.62. The molecule has 1 fully saturated rings. The first kappa shape index (κ1) is 19.9. The maximum atomic E-state index is 12.8. The number of carbonyl (C=O) groups is 1. The molecule has 6 nitrogen and oxygen atoms in total.